The standard InChI is InChI=1S/C17H31N7O7S/c1-32-6-4-10(16(30)31)24-15(29)11(7-13(26)27)23-12(25)8-22-14(28)9(18)3-2-5-21-17(19)20/h9-11H,2-8,18H2,1H3,(H,22,28)(H,23,25)(H,24,29)(H,26,27)(H,30,31)(H4,19,20,21). The Kier molecular flexibility index (Phi) is 14.2. The molecule has 15 heteroatoms. The molecular weight excluding hydrogens is 446 g/mol. The zero-order valence-corrected chi connectivity index (χ0v) is 18.5. The normalized spacial score (nSPS) is 13.2. The van der Waals surface area contributed by atoms with Gasteiger partial charge in [-0.15, -0.1) is 0 Å². The van der Waals surface area contributed by atoms with Crippen LogP contribution in [0.15, 0.2) is 4.99 Å². The molecular formula is C17H31N7O7S. The predicted molar refractivity (Wildman–Crippen MR) is 118 cm³/mol. The second-order valence-corrected chi connectivity index (χ2v) is 7.66. The number of rotatable bonds is 16. The summed E-state index contributed by atoms with van der Waals surface area (Å²) in [6, 6.07) is -3.69. The third-order valence-corrected chi connectivity index (χ3v) is 4.63. The molecule has 11 N–H and O–H groups in total. The Morgan fingerprint density at radius 1 is 1.00 bits per heavy atom. The average Bonchev–Trinajstić information content (AvgIpc) is 2.70. The SMILES string of the molecule is CSCCC(NC(=O)C(CC(=O)O)NC(=O)CNC(=O)C(N)CCCN=C(N)N)C(=O)O. The van der Waals surface area contributed by atoms with Crippen molar-refractivity contribution in [1.29, 1.82) is 0 Å². The Morgan fingerprint density at radius 3 is 2.19 bits per heavy atom. The summed E-state index contributed by atoms with van der Waals surface area (Å²) in [7, 11) is 0. The summed E-state index contributed by atoms with van der Waals surface area (Å²) in [4.78, 5) is 62.4. The summed E-state index contributed by atoms with van der Waals surface area (Å²) in [5.41, 5.74) is 16.1. The van der Waals surface area contributed by atoms with Gasteiger partial charge in [-0.1, -0.05) is 0 Å². The van der Waals surface area contributed by atoms with Gasteiger partial charge >= 0.3 is 11.9 Å². The predicted octanol–water partition coefficient (Wildman–Crippen LogP) is -3.23. The van der Waals surface area contributed by atoms with Crippen LogP contribution in [-0.4, -0.2) is 89.1 Å². The number of carboxylic acids is 2. The highest BCUT2D eigenvalue weighted by Crippen LogP contribution is 2.03. The average molecular weight is 478 g/mol. The van der Waals surface area contributed by atoms with Crippen molar-refractivity contribution < 1.29 is 34.2 Å². The number of aliphatic imine (C=N–C) groups is 1. The van der Waals surface area contributed by atoms with E-state index in [1.807, 2.05) is 0 Å². The number of carboxylic acid groups (broad SMARTS) is 2. The first kappa shape index (κ1) is 28.9. The van der Waals surface area contributed by atoms with Crippen molar-refractivity contribution in [2.24, 2.45) is 22.2 Å². The molecule has 0 aromatic heterocycles. The molecule has 0 aromatic rings. The number of amides is 3. The van der Waals surface area contributed by atoms with Crippen LogP contribution in [0.4, 0.5) is 0 Å². The summed E-state index contributed by atoms with van der Waals surface area (Å²) >= 11 is 1.38. The Balaban J connectivity index is 4.75. The van der Waals surface area contributed by atoms with Crippen LogP contribution in [-0.2, 0) is 24.0 Å². The van der Waals surface area contributed by atoms with Crippen LogP contribution in [0, 0.1) is 0 Å². The minimum absolute atomic E-state index is 0.0847. The number of thioether (sulfide) groups is 1. The molecule has 0 rings (SSSR count). The quantitative estimate of drug-likeness (QED) is 0.0622. The molecule has 3 atom stereocenters. The number of hydrogen-bond acceptors (Lipinski definition) is 8. The third-order valence-electron chi connectivity index (χ3n) is 3.98. The largest absolute Gasteiger partial charge is 0.481 e. The summed E-state index contributed by atoms with van der Waals surface area (Å²) in [6.45, 7) is -0.275. The van der Waals surface area contributed by atoms with Gasteiger partial charge in [-0.05, 0) is 31.3 Å². The molecule has 3 amide bonds. The fourth-order valence-electron chi connectivity index (χ4n) is 2.34. The summed E-state index contributed by atoms with van der Waals surface area (Å²) in [5, 5.41) is 24.9. The van der Waals surface area contributed by atoms with Crippen LogP contribution in [0.1, 0.15) is 25.7 Å². The maximum absolute atomic E-state index is 12.3. The van der Waals surface area contributed by atoms with E-state index in [1.165, 1.54) is 11.8 Å². The third kappa shape index (κ3) is 13.3. The van der Waals surface area contributed by atoms with Gasteiger partial charge in [-0.3, -0.25) is 24.2 Å². The number of nitrogens with one attached hydrogen (secondary N) is 3. The second-order valence-electron chi connectivity index (χ2n) is 6.67. The first-order valence-corrected chi connectivity index (χ1v) is 11.0. The Morgan fingerprint density at radius 2 is 1.66 bits per heavy atom. The number of carbonyl (C=O) groups is 5. The van der Waals surface area contributed by atoms with Crippen molar-refractivity contribution in [3.05, 3.63) is 0 Å². The Labute approximate surface area is 189 Å². The lowest BCUT2D eigenvalue weighted by Gasteiger charge is -2.20. The molecule has 0 aliphatic rings. The maximum atomic E-state index is 12.3. The molecule has 32 heavy (non-hydrogen) atoms. The molecule has 14 nitrogen and oxygen atoms in total. The monoisotopic (exact) mass is 477 g/mol. The van der Waals surface area contributed by atoms with Crippen molar-refractivity contribution in [3.63, 3.8) is 0 Å². The van der Waals surface area contributed by atoms with Gasteiger partial charge in [0.2, 0.25) is 17.7 Å². The van der Waals surface area contributed by atoms with Crippen molar-refractivity contribution in [3.8, 4) is 0 Å². The summed E-state index contributed by atoms with van der Waals surface area (Å²) in [5.74, 6) is -4.74. The molecule has 0 spiro atoms. The topological polar surface area (TPSA) is 252 Å². The smallest absolute Gasteiger partial charge is 0.326 e. The zero-order valence-electron chi connectivity index (χ0n) is 17.7. The van der Waals surface area contributed by atoms with E-state index in [0.29, 0.717) is 12.2 Å². The van der Waals surface area contributed by atoms with Gasteiger partial charge in [0.1, 0.15) is 12.1 Å². The lowest BCUT2D eigenvalue weighted by Crippen LogP contribution is -2.54. The van der Waals surface area contributed by atoms with Crippen molar-refractivity contribution in [2.45, 2.75) is 43.8 Å². The van der Waals surface area contributed by atoms with E-state index in [1.54, 1.807) is 6.26 Å². The van der Waals surface area contributed by atoms with Gasteiger partial charge in [0, 0.05) is 6.54 Å². The highest BCUT2D eigenvalue weighted by molar-refractivity contribution is 7.98. The first-order chi connectivity index (χ1) is 15.0. The van der Waals surface area contributed by atoms with Crippen LogP contribution in [0.3, 0.4) is 0 Å². The molecule has 182 valence electrons. The lowest BCUT2D eigenvalue weighted by molar-refractivity contribution is -0.143. The van der Waals surface area contributed by atoms with E-state index >= 15 is 0 Å². The number of guanidine groups is 1. The minimum atomic E-state index is -1.53. The van der Waals surface area contributed by atoms with E-state index in [0.717, 1.165) is 0 Å². The molecule has 0 aromatic carbocycles. The second kappa shape index (κ2) is 15.7. The highest BCUT2D eigenvalue weighted by Gasteiger charge is 2.28. The van der Waals surface area contributed by atoms with Crippen LogP contribution in [0.5, 0.6) is 0 Å². The Bertz CT molecular complexity index is 701. The van der Waals surface area contributed by atoms with Crippen LogP contribution in [0.2, 0.25) is 0 Å². The lowest BCUT2D eigenvalue weighted by atomic mass is 10.1. The van der Waals surface area contributed by atoms with E-state index in [2.05, 4.69) is 20.9 Å². The van der Waals surface area contributed by atoms with E-state index in [-0.39, 0.29) is 25.3 Å². The molecule has 0 bridgehead atoms. The summed E-state index contributed by atoms with van der Waals surface area (Å²) in [6.07, 6.45) is 1.79. The fourth-order valence-corrected chi connectivity index (χ4v) is 2.81. The molecule has 0 aliphatic heterocycles. The van der Waals surface area contributed by atoms with Crippen molar-refractivity contribution in [2.75, 3.05) is 25.1 Å². The van der Waals surface area contributed by atoms with Crippen molar-refractivity contribution in [1.82, 2.24) is 16.0 Å². The highest BCUT2D eigenvalue weighted by atomic mass is 32.2. The van der Waals surface area contributed by atoms with Gasteiger partial charge in [-0.2, -0.15) is 11.8 Å². The zero-order chi connectivity index (χ0) is 24.7. The van der Waals surface area contributed by atoms with Gasteiger partial charge in [0.25, 0.3) is 0 Å². The van der Waals surface area contributed by atoms with Gasteiger partial charge in [0.05, 0.1) is 19.0 Å². The van der Waals surface area contributed by atoms with E-state index < -0.39 is 60.8 Å². The first-order valence-electron chi connectivity index (χ1n) is 9.59. The van der Waals surface area contributed by atoms with Crippen LogP contribution >= 0.6 is 11.8 Å². The molecule has 3 unspecified atom stereocenters. The van der Waals surface area contributed by atoms with Gasteiger partial charge in [-0.25, -0.2) is 4.79 Å². The number of carbonyl (C=O) groups excluding carboxylic acids is 3. The number of nitrogens with two attached hydrogens (primary N) is 3. The minimum Gasteiger partial charge on any atom is -0.481 e. The number of aliphatic carboxylic acids is 2. The van der Waals surface area contributed by atoms with Crippen molar-refractivity contribution >= 4 is 47.4 Å². The van der Waals surface area contributed by atoms with Crippen LogP contribution in [0.25, 0.3) is 0 Å². The molecule has 0 fully saturated rings. The molecule has 0 heterocycles. The maximum Gasteiger partial charge on any atom is 0.326 e. The molecule has 0 saturated carbocycles. The molecule has 0 saturated heterocycles. The van der Waals surface area contributed by atoms with Gasteiger partial charge in [0.15, 0.2) is 5.96 Å². The molecule has 0 radical (unpaired) electrons. The van der Waals surface area contributed by atoms with E-state index in [4.69, 9.17) is 22.3 Å². The number of nitrogens with zero attached hydrogens (tertiary/aromatic N) is 1. The van der Waals surface area contributed by atoms with E-state index in [9.17, 15) is 29.1 Å². The summed E-state index contributed by atoms with van der Waals surface area (Å²) < 4.78 is 0. The number of hydrogen-bond donors (Lipinski definition) is 8. The van der Waals surface area contributed by atoms with Gasteiger partial charge < -0.3 is 43.4 Å². The fraction of sp³-hybridized carbons (Fsp3) is 0.647. The molecule has 0 aliphatic carbocycles. The van der Waals surface area contributed by atoms with Crippen LogP contribution < -0.4 is 33.2 Å². The Hall–Kier alpha value is -3.07.